The zero-order valence-electron chi connectivity index (χ0n) is 13.1. The first-order valence-electron chi connectivity index (χ1n) is 7.17. The summed E-state index contributed by atoms with van der Waals surface area (Å²) in [6.45, 7) is 1.73. The topological polar surface area (TPSA) is 38.3 Å². The van der Waals surface area contributed by atoms with E-state index in [1.54, 1.807) is 25.1 Å². The molecule has 2 aromatic rings. The van der Waals surface area contributed by atoms with Crippen LogP contribution in [-0.4, -0.2) is 13.0 Å². The first kappa shape index (κ1) is 18.1. The molecule has 0 heterocycles. The minimum absolute atomic E-state index is 0.141. The Balaban J connectivity index is 2.05. The van der Waals surface area contributed by atoms with Gasteiger partial charge in [0, 0.05) is 16.1 Å². The zero-order chi connectivity index (χ0) is 17.7. The van der Waals surface area contributed by atoms with E-state index in [1.165, 1.54) is 37.5 Å². The van der Waals surface area contributed by atoms with Crippen LogP contribution in [-0.2, 0) is 4.79 Å². The predicted molar refractivity (Wildman–Crippen MR) is 92.6 cm³/mol. The van der Waals surface area contributed by atoms with Crippen LogP contribution in [0.3, 0.4) is 0 Å². The summed E-state index contributed by atoms with van der Waals surface area (Å²) in [6, 6.07) is 8.53. The van der Waals surface area contributed by atoms with E-state index >= 15 is 0 Å². The molecule has 126 valence electrons. The van der Waals surface area contributed by atoms with E-state index in [4.69, 9.17) is 4.74 Å². The number of hydrogen-bond donors (Lipinski definition) is 1. The molecule has 1 amide bonds. The molecule has 0 saturated carbocycles. The van der Waals surface area contributed by atoms with Gasteiger partial charge in [-0.25, -0.2) is 8.78 Å². The molecule has 0 aliphatic heterocycles. The van der Waals surface area contributed by atoms with Gasteiger partial charge in [0.05, 0.1) is 13.2 Å². The van der Waals surface area contributed by atoms with Gasteiger partial charge in [-0.2, -0.15) is 0 Å². The van der Waals surface area contributed by atoms with Crippen LogP contribution in [0.25, 0.3) is 6.08 Å². The van der Waals surface area contributed by atoms with Gasteiger partial charge in [-0.3, -0.25) is 4.79 Å². The van der Waals surface area contributed by atoms with Crippen LogP contribution in [0.15, 0.2) is 46.9 Å². The number of nitrogens with one attached hydrogen (secondary N) is 1. The number of benzene rings is 2. The van der Waals surface area contributed by atoms with Gasteiger partial charge in [0.1, 0.15) is 5.82 Å². The standard InChI is InChI=1S/C18H16BrF2NO2/c1-11(12-3-7-17(24-2)16(21)10-12)22-18(23)8-4-13-9-14(19)5-6-15(13)20/h3-11H,1-2H3,(H,22,23)/b8-4+/t11-/m1/s1. The normalized spacial score (nSPS) is 12.2. The molecule has 0 fully saturated rings. The summed E-state index contributed by atoms with van der Waals surface area (Å²) < 4.78 is 32.9. The first-order chi connectivity index (χ1) is 11.4. The minimum Gasteiger partial charge on any atom is -0.494 e. The minimum atomic E-state index is -0.497. The molecule has 0 aromatic heterocycles. The maximum absolute atomic E-state index is 13.7. The van der Waals surface area contributed by atoms with E-state index in [0.29, 0.717) is 15.6 Å². The van der Waals surface area contributed by atoms with E-state index in [-0.39, 0.29) is 5.75 Å². The Bertz CT molecular complexity index is 778. The van der Waals surface area contributed by atoms with Crippen molar-refractivity contribution in [3.8, 4) is 5.75 Å². The van der Waals surface area contributed by atoms with Gasteiger partial charge < -0.3 is 10.1 Å². The van der Waals surface area contributed by atoms with Crippen molar-refractivity contribution in [1.82, 2.24) is 5.32 Å². The lowest BCUT2D eigenvalue weighted by atomic mass is 10.1. The van der Waals surface area contributed by atoms with E-state index in [2.05, 4.69) is 21.2 Å². The van der Waals surface area contributed by atoms with E-state index in [9.17, 15) is 13.6 Å². The highest BCUT2D eigenvalue weighted by Crippen LogP contribution is 2.22. The summed E-state index contributed by atoms with van der Waals surface area (Å²) in [5.74, 6) is -1.18. The van der Waals surface area contributed by atoms with Gasteiger partial charge in [-0.15, -0.1) is 0 Å². The summed E-state index contributed by atoms with van der Waals surface area (Å²) in [4.78, 5) is 12.0. The van der Waals surface area contributed by atoms with Crippen LogP contribution in [0.1, 0.15) is 24.1 Å². The van der Waals surface area contributed by atoms with Crippen molar-refractivity contribution in [2.24, 2.45) is 0 Å². The van der Waals surface area contributed by atoms with Crippen molar-refractivity contribution in [2.45, 2.75) is 13.0 Å². The van der Waals surface area contributed by atoms with E-state index in [0.717, 1.165) is 0 Å². The fraction of sp³-hybridized carbons (Fsp3) is 0.167. The highest BCUT2D eigenvalue weighted by molar-refractivity contribution is 9.10. The van der Waals surface area contributed by atoms with Crippen LogP contribution in [0, 0.1) is 11.6 Å². The molecule has 1 atom stereocenters. The summed E-state index contributed by atoms with van der Waals surface area (Å²) in [6.07, 6.45) is 2.62. The highest BCUT2D eigenvalue weighted by Gasteiger charge is 2.11. The number of hydrogen-bond acceptors (Lipinski definition) is 2. The third-order valence-corrected chi connectivity index (χ3v) is 3.90. The van der Waals surface area contributed by atoms with Crippen molar-refractivity contribution < 1.29 is 18.3 Å². The van der Waals surface area contributed by atoms with Crippen LogP contribution in [0.2, 0.25) is 0 Å². The fourth-order valence-electron chi connectivity index (χ4n) is 2.10. The molecule has 6 heteroatoms. The molecule has 0 saturated heterocycles. The monoisotopic (exact) mass is 395 g/mol. The number of amides is 1. The van der Waals surface area contributed by atoms with Gasteiger partial charge in [0.2, 0.25) is 5.91 Å². The Morgan fingerprint density at radius 2 is 1.96 bits per heavy atom. The molecule has 24 heavy (non-hydrogen) atoms. The number of methoxy groups -OCH3 is 1. The quantitative estimate of drug-likeness (QED) is 0.749. The average molecular weight is 396 g/mol. The fourth-order valence-corrected chi connectivity index (χ4v) is 2.48. The van der Waals surface area contributed by atoms with Crippen molar-refractivity contribution >= 4 is 27.9 Å². The average Bonchev–Trinajstić information content (AvgIpc) is 2.55. The summed E-state index contributed by atoms with van der Waals surface area (Å²) in [5.41, 5.74) is 0.895. The largest absolute Gasteiger partial charge is 0.494 e. The van der Waals surface area contributed by atoms with Crippen molar-refractivity contribution in [2.75, 3.05) is 7.11 Å². The Morgan fingerprint density at radius 1 is 1.21 bits per heavy atom. The predicted octanol–water partition coefficient (Wildman–Crippen LogP) is 4.63. The van der Waals surface area contributed by atoms with Crippen molar-refractivity contribution in [3.63, 3.8) is 0 Å². The second-order valence-electron chi connectivity index (χ2n) is 5.12. The molecule has 0 aliphatic carbocycles. The van der Waals surface area contributed by atoms with Crippen LogP contribution >= 0.6 is 15.9 Å². The van der Waals surface area contributed by atoms with E-state index < -0.39 is 23.6 Å². The smallest absolute Gasteiger partial charge is 0.244 e. The summed E-state index contributed by atoms with van der Waals surface area (Å²) in [7, 11) is 1.38. The van der Waals surface area contributed by atoms with Gasteiger partial charge in [-0.1, -0.05) is 22.0 Å². The number of carbonyl (C=O) groups excluding carboxylic acids is 1. The second-order valence-corrected chi connectivity index (χ2v) is 6.04. The highest BCUT2D eigenvalue weighted by atomic mass is 79.9. The summed E-state index contributed by atoms with van der Waals surface area (Å²) >= 11 is 3.25. The molecule has 0 spiro atoms. The third-order valence-electron chi connectivity index (χ3n) is 3.41. The lowest BCUT2D eigenvalue weighted by Crippen LogP contribution is -2.24. The number of halogens is 3. The van der Waals surface area contributed by atoms with Gasteiger partial charge in [-0.05, 0) is 48.9 Å². The van der Waals surface area contributed by atoms with Crippen molar-refractivity contribution in [1.29, 1.82) is 0 Å². The van der Waals surface area contributed by atoms with E-state index in [1.807, 2.05) is 0 Å². The molecule has 1 N–H and O–H groups in total. The first-order valence-corrected chi connectivity index (χ1v) is 7.97. The van der Waals surface area contributed by atoms with Gasteiger partial charge >= 0.3 is 0 Å². The lowest BCUT2D eigenvalue weighted by Gasteiger charge is -2.14. The van der Waals surface area contributed by atoms with Crippen LogP contribution in [0.5, 0.6) is 5.75 Å². The van der Waals surface area contributed by atoms with Crippen molar-refractivity contribution in [3.05, 3.63) is 69.7 Å². The van der Waals surface area contributed by atoms with Gasteiger partial charge in [0.25, 0.3) is 0 Å². The molecule has 2 aromatic carbocycles. The SMILES string of the molecule is COc1ccc([C@@H](C)NC(=O)/C=C/c2cc(Br)ccc2F)cc1F. The molecule has 0 aliphatic rings. The van der Waals surface area contributed by atoms with Gasteiger partial charge in [0.15, 0.2) is 11.6 Å². The van der Waals surface area contributed by atoms with Crippen LogP contribution in [0.4, 0.5) is 8.78 Å². The van der Waals surface area contributed by atoms with Crippen LogP contribution < -0.4 is 10.1 Å². The zero-order valence-corrected chi connectivity index (χ0v) is 14.7. The maximum atomic E-state index is 13.7. The second kappa shape index (κ2) is 8.06. The number of ether oxygens (including phenoxy) is 1. The molecule has 2 rings (SSSR count). The molecule has 0 unspecified atom stereocenters. The molecular formula is C18H16BrF2NO2. The number of rotatable bonds is 5. The molecule has 3 nitrogen and oxygen atoms in total. The molecule has 0 radical (unpaired) electrons. The Kier molecular flexibility index (Phi) is 6.09. The Morgan fingerprint density at radius 3 is 2.62 bits per heavy atom. The molecule has 0 bridgehead atoms. The Labute approximate surface area is 147 Å². The molecular weight excluding hydrogens is 380 g/mol. The third kappa shape index (κ3) is 4.64. The lowest BCUT2D eigenvalue weighted by molar-refractivity contribution is -0.117. The Hall–Kier alpha value is -2.21. The number of carbonyl (C=O) groups is 1. The maximum Gasteiger partial charge on any atom is 0.244 e. The summed E-state index contributed by atoms with van der Waals surface area (Å²) in [5, 5.41) is 2.70.